The van der Waals surface area contributed by atoms with Crippen LogP contribution in [0.2, 0.25) is 5.02 Å². The Kier molecular flexibility index (Phi) is 5.46. The lowest BCUT2D eigenvalue weighted by Crippen LogP contribution is -3.15. The van der Waals surface area contributed by atoms with E-state index in [1.165, 1.54) is 4.90 Å². The Morgan fingerprint density at radius 2 is 1.96 bits per heavy atom. The van der Waals surface area contributed by atoms with Crippen molar-refractivity contribution in [3.63, 3.8) is 0 Å². The number of piperazine rings is 1. The fourth-order valence-corrected chi connectivity index (χ4v) is 3.40. The number of para-hydroxylation sites is 2. The number of nitrogens with one attached hydrogen (secondary N) is 2. The van der Waals surface area contributed by atoms with Crippen LogP contribution in [-0.4, -0.2) is 43.7 Å². The first-order valence-corrected chi connectivity index (χ1v) is 8.83. The molecule has 132 valence electrons. The van der Waals surface area contributed by atoms with Gasteiger partial charge < -0.3 is 20.2 Å². The van der Waals surface area contributed by atoms with Crippen molar-refractivity contribution in [1.82, 2.24) is 0 Å². The zero-order valence-electron chi connectivity index (χ0n) is 14.3. The third-order valence-electron chi connectivity index (χ3n) is 4.50. The second kappa shape index (κ2) is 7.76. The van der Waals surface area contributed by atoms with E-state index < -0.39 is 0 Å². The first-order valence-electron chi connectivity index (χ1n) is 8.45. The SMILES string of the molecule is Cc1ccc(NC(=O)C[NH+]2CCN(c3ccccc3O)CC2)c(Cl)c1. The molecule has 3 rings (SSSR count). The molecule has 0 atom stereocenters. The number of phenolic OH excluding ortho intramolecular Hbond substituents is 1. The molecule has 0 radical (unpaired) electrons. The van der Waals surface area contributed by atoms with Crippen LogP contribution in [0, 0.1) is 6.92 Å². The second-order valence-corrected chi connectivity index (χ2v) is 6.84. The number of anilines is 2. The molecule has 1 heterocycles. The van der Waals surface area contributed by atoms with Crippen LogP contribution in [-0.2, 0) is 4.79 Å². The van der Waals surface area contributed by atoms with Gasteiger partial charge in [-0.2, -0.15) is 0 Å². The quantitative estimate of drug-likeness (QED) is 0.778. The van der Waals surface area contributed by atoms with E-state index in [4.69, 9.17) is 11.6 Å². The van der Waals surface area contributed by atoms with Gasteiger partial charge in [0, 0.05) is 0 Å². The third-order valence-corrected chi connectivity index (χ3v) is 4.81. The number of phenols is 1. The summed E-state index contributed by atoms with van der Waals surface area (Å²) < 4.78 is 0. The number of halogens is 1. The van der Waals surface area contributed by atoms with Crippen LogP contribution in [0.15, 0.2) is 42.5 Å². The van der Waals surface area contributed by atoms with Crippen LogP contribution in [0.3, 0.4) is 0 Å². The van der Waals surface area contributed by atoms with E-state index in [2.05, 4.69) is 10.2 Å². The highest BCUT2D eigenvalue weighted by Gasteiger charge is 2.23. The molecule has 1 saturated heterocycles. The van der Waals surface area contributed by atoms with E-state index in [9.17, 15) is 9.90 Å². The van der Waals surface area contributed by atoms with Crippen molar-refractivity contribution in [3.8, 4) is 5.75 Å². The molecule has 2 aromatic rings. The summed E-state index contributed by atoms with van der Waals surface area (Å²) in [6.07, 6.45) is 0. The maximum atomic E-state index is 12.3. The lowest BCUT2D eigenvalue weighted by atomic mass is 10.2. The van der Waals surface area contributed by atoms with Gasteiger partial charge in [0.2, 0.25) is 0 Å². The molecule has 1 fully saturated rings. The van der Waals surface area contributed by atoms with Crippen molar-refractivity contribution in [3.05, 3.63) is 53.1 Å². The number of rotatable bonds is 4. The van der Waals surface area contributed by atoms with Gasteiger partial charge in [-0.1, -0.05) is 29.8 Å². The Morgan fingerprint density at radius 1 is 1.24 bits per heavy atom. The number of carbonyl (C=O) groups excluding carboxylic acids is 1. The van der Waals surface area contributed by atoms with E-state index in [-0.39, 0.29) is 5.91 Å². The molecule has 6 heteroatoms. The van der Waals surface area contributed by atoms with Gasteiger partial charge in [-0.25, -0.2) is 0 Å². The summed E-state index contributed by atoms with van der Waals surface area (Å²) in [6, 6.07) is 13.0. The average Bonchev–Trinajstić information content (AvgIpc) is 2.59. The summed E-state index contributed by atoms with van der Waals surface area (Å²) in [7, 11) is 0. The van der Waals surface area contributed by atoms with Crippen molar-refractivity contribution in [2.75, 3.05) is 42.9 Å². The van der Waals surface area contributed by atoms with Crippen LogP contribution in [0.4, 0.5) is 11.4 Å². The highest BCUT2D eigenvalue weighted by atomic mass is 35.5. The zero-order chi connectivity index (χ0) is 17.8. The predicted octanol–water partition coefficient (Wildman–Crippen LogP) is 1.70. The fourth-order valence-electron chi connectivity index (χ4n) is 3.12. The van der Waals surface area contributed by atoms with Crippen LogP contribution in [0.1, 0.15) is 5.56 Å². The maximum Gasteiger partial charge on any atom is 0.279 e. The Morgan fingerprint density at radius 3 is 2.64 bits per heavy atom. The number of hydrogen-bond donors (Lipinski definition) is 3. The number of hydrogen-bond acceptors (Lipinski definition) is 3. The molecule has 1 aliphatic rings. The molecule has 0 unspecified atom stereocenters. The summed E-state index contributed by atoms with van der Waals surface area (Å²) >= 11 is 6.17. The van der Waals surface area contributed by atoms with Crippen molar-refractivity contribution >= 4 is 28.9 Å². The van der Waals surface area contributed by atoms with Gasteiger partial charge in [-0.15, -0.1) is 0 Å². The van der Waals surface area contributed by atoms with Gasteiger partial charge in [0.25, 0.3) is 5.91 Å². The van der Waals surface area contributed by atoms with Crippen molar-refractivity contribution < 1.29 is 14.8 Å². The number of carbonyl (C=O) groups is 1. The number of quaternary nitrogens is 1. The molecule has 1 aliphatic heterocycles. The fraction of sp³-hybridized carbons (Fsp3) is 0.316. The maximum absolute atomic E-state index is 12.3. The third kappa shape index (κ3) is 4.44. The molecule has 0 aromatic heterocycles. The summed E-state index contributed by atoms with van der Waals surface area (Å²) in [5.41, 5.74) is 2.58. The van der Waals surface area contributed by atoms with Gasteiger partial charge >= 0.3 is 0 Å². The molecule has 1 amide bonds. The number of amides is 1. The van der Waals surface area contributed by atoms with E-state index >= 15 is 0 Å². The number of benzene rings is 2. The monoisotopic (exact) mass is 360 g/mol. The minimum Gasteiger partial charge on any atom is -0.506 e. The van der Waals surface area contributed by atoms with E-state index in [1.54, 1.807) is 6.07 Å². The molecular formula is C19H23ClN3O2+. The van der Waals surface area contributed by atoms with Crippen LogP contribution >= 0.6 is 11.6 Å². The van der Waals surface area contributed by atoms with Gasteiger partial charge in [-0.05, 0) is 36.8 Å². The lowest BCUT2D eigenvalue weighted by molar-refractivity contribution is -0.892. The average molecular weight is 361 g/mol. The molecule has 0 bridgehead atoms. The highest BCUT2D eigenvalue weighted by molar-refractivity contribution is 6.33. The lowest BCUT2D eigenvalue weighted by Gasteiger charge is -2.33. The Balaban J connectivity index is 1.52. The van der Waals surface area contributed by atoms with Crippen molar-refractivity contribution in [2.24, 2.45) is 0 Å². The molecule has 3 N–H and O–H groups in total. The molecule has 0 saturated carbocycles. The molecule has 2 aromatic carbocycles. The Labute approximate surface area is 152 Å². The standard InChI is InChI=1S/C19H22ClN3O2/c1-14-6-7-16(15(20)12-14)21-19(25)13-22-8-10-23(11-9-22)17-4-2-3-5-18(17)24/h2-7,12,24H,8-11,13H2,1H3,(H,21,25)/p+1. The van der Waals surface area contributed by atoms with Crippen molar-refractivity contribution in [1.29, 1.82) is 0 Å². The number of aryl methyl sites for hydroxylation is 1. The van der Waals surface area contributed by atoms with E-state index in [1.807, 2.05) is 43.3 Å². The van der Waals surface area contributed by atoms with Gasteiger partial charge in [0.15, 0.2) is 6.54 Å². The molecular weight excluding hydrogens is 338 g/mol. The minimum absolute atomic E-state index is 0.0308. The molecule has 5 nitrogen and oxygen atoms in total. The predicted molar refractivity (Wildman–Crippen MR) is 101 cm³/mol. The van der Waals surface area contributed by atoms with E-state index in [0.717, 1.165) is 37.4 Å². The Hall–Kier alpha value is -2.24. The molecule has 25 heavy (non-hydrogen) atoms. The largest absolute Gasteiger partial charge is 0.506 e. The molecule has 0 aliphatic carbocycles. The van der Waals surface area contributed by atoms with Gasteiger partial charge in [0.05, 0.1) is 42.6 Å². The van der Waals surface area contributed by atoms with E-state index in [0.29, 0.717) is 23.0 Å². The summed E-state index contributed by atoms with van der Waals surface area (Å²) in [6.45, 7) is 5.70. The Bertz CT molecular complexity index is 758. The summed E-state index contributed by atoms with van der Waals surface area (Å²) in [5, 5.41) is 13.4. The van der Waals surface area contributed by atoms with Crippen molar-refractivity contribution in [2.45, 2.75) is 6.92 Å². The topological polar surface area (TPSA) is 57.0 Å². The van der Waals surface area contributed by atoms with Crippen LogP contribution < -0.4 is 15.1 Å². The van der Waals surface area contributed by atoms with Gasteiger partial charge in [0.1, 0.15) is 5.75 Å². The first kappa shape index (κ1) is 17.6. The summed E-state index contributed by atoms with van der Waals surface area (Å²) in [4.78, 5) is 15.7. The van der Waals surface area contributed by atoms with Crippen LogP contribution in [0.5, 0.6) is 5.75 Å². The smallest absolute Gasteiger partial charge is 0.279 e. The summed E-state index contributed by atoms with van der Waals surface area (Å²) in [5.74, 6) is 0.273. The molecule has 0 spiro atoms. The highest BCUT2D eigenvalue weighted by Crippen LogP contribution is 2.26. The normalized spacial score (nSPS) is 15.2. The zero-order valence-corrected chi connectivity index (χ0v) is 15.0. The van der Waals surface area contributed by atoms with Crippen LogP contribution in [0.25, 0.3) is 0 Å². The second-order valence-electron chi connectivity index (χ2n) is 6.43. The van der Waals surface area contributed by atoms with Gasteiger partial charge in [-0.3, -0.25) is 4.79 Å². The number of aromatic hydroxyl groups is 1. The minimum atomic E-state index is -0.0308. The first-order chi connectivity index (χ1) is 12.0. The number of nitrogens with zero attached hydrogens (tertiary/aromatic N) is 1.